The number of hydrogen-bond acceptors (Lipinski definition) is 13. The van der Waals surface area contributed by atoms with Crippen LogP contribution >= 0.6 is 0 Å². The molecule has 4 aliphatic heterocycles. The molecule has 0 spiro atoms. The van der Waals surface area contributed by atoms with Gasteiger partial charge in [0, 0.05) is 7.11 Å². The lowest BCUT2D eigenvalue weighted by molar-refractivity contribution is -0.521. The van der Waals surface area contributed by atoms with Crippen molar-refractivity contribution in [3.8, 4) is 0 Å². The molecular weight excluding hydrogens is 598 g/mol. The Bertz CT molecular complexity index is 1150. The summed E-state index contributed by atoms with van der Waals surface area (Å²) >= 11 is 0. The standard InChI is InChI=1S/C28H49N3O12Si/c1-23(2,3)41-21(34)29-20(30-22(35)42-24(4,5)6)31-27-14-16-26(36,13-32)17(15(27)33)40-28(39-16,19(27)38-18(14)37-10)43-44(11,12)25(7,8)9/h14-19,32-33,36H,13H2,1-12H3,(H2,29,30,31,34,35)/t14-,15-,16-,17+,18?,19+,26?,27-,28+/m1/s1. The number of methoxy groups -OCH3 is 1. The number of aliphatic imine (C=N–C) groups is 1. The van der Waals surface area contributed by atoms with Crippen molar-refractivity contribution >= 4 is 26.5 Å². The first-order valence-corrected chi connectivity index (χ1v) is 17.6. The molecular formula is C28H49N3O12Si. The Morgan fingerprint density at radius 1 is 0.932 bits per heavy atom. The van der Waals surface area contributed by atoms with E-state index in [0.717, 1.165) is 0 Å². The van der Waals surface area contributed by atoms with Gasteiger partial charge in [-0.2, -0.15) is 0 Å². The summed E-state index contributed by atoms with van der Waals surface area (Å²) in [5, 5.41) is 38.7. The molecule has 1 aliphatic carbocycles. The molecule has 6 bridgehead atoms. The summed E-state index contributed by atoms with van der Waals surface area (Å²) in [7, 11) is -1.37. The fraction of sp³-hybridized carbons (Fsp3) is 0.893. The minimum absolute atomic E-state index is 0.342. The van der Waals surface area contributed by atoms with Gasteiger partial charge in [-0.15, -0.1) is 0 Å². The molecule has 44 heavy (non-hydrogen) atoms. The van der Waals surface area contributed by atoms with Crippen molar-refractivity contribution in [2.75, 3.05) is 13.7 Å². The quantitative estimate of drug-likeness (QED) is 0.165. The summed E-state index contributed by atoms with van der Waals surface area (Å²) in [5.74, 6) is -3.51. The Morgan fingerprint density at radius 2 is 1.43 bits per heavy atom. The summed E-state index contributed by atoms with van der Waals surface area (Å²) in [6, 6.07) is 0. The van der Waals surface area contributed by atoms with E-state index in [9.17, 15) is 24.9 Å². The van der Waals surface area contributed by atoms with Gasteiger partial charge in [0.2, 0.25) is 5.96 Å². The van der Waals surface area contributed by atoms with E-state index in [4.69, 9.17) is 37.8 Å². The van der Waals surface area contributed by atoms with Gasteiger partial charge < -0.3 is 48.2 Å². The third kappa shape index (κ3) is 5.77. The summed E-state index contributed by atoms with van der Waals surface area (Å²) < 4.78 is 42.1. The summed E-state index contributed by atoms with van der Waals surface area (Å²) in [6.07, 6.45) is -8.78. The number of amides is 2. The van der Waals surface area contributed by atoms with Crippen LogP contribution in [0.15, 0.2) is 4.99 Å². The van der Waals surface area contributed by atoms with E-state index >= 15 is 0 Å². The average Bonchev–Trinajstić information content (AvgIpc) is 3.09. The van der Waals surface area contributed by atoms with Gasteiger partial charge in [0.1, 0.15) is 40.7 Å². The Morgan fingerprint density at radius 3 is 1.86 bits per heavy atom. The molecule has 4 heterocycles. The van der Waals surface area contributed by atoms with Crippen LogP contribution in [0.5, 0.6) is 0 Å². The van der Waals surface area contributed by atoms with Crippen molar-refractivity contribution in [2.24, 2.45) is 10.9 Å². The van der Waals surface area contributed by atoms with Gasteiger partial charge >= 0.3 is 18.2 Å². The predicted octanol–water partition coefficient (Wildman–Crippen LogP) is 1.69. The average molecular weight is 648 g/mol. The minimum Gasteiger partial charge on any atom is -0.444 e. The molecule has 2 unspecified atom stereocenters. The van der Waals surface area contributed by atoms with E-state index in [1.54, 1.807) is 41.5 Å². The number of alkyl carbamates (subject to hydrolysis) is 2. The van der Waals surface area contributed by atoms with Crippen molar-refractivity contribution in [3.63, 3.8) is 0 Å². The molecule has 0 aromatic heterocycles. The van der Waals surface area contributed by atoms with Crippen molar-refractivity contribution < 1.29 is 57.8 Å². The van der Waals surface area contributed by atoms with Gasteiger partial charge in [-0.3, -0.25) is 10.6 Å². The Balaban J connectivity index is 1.91. The molecule has 9 atom stereocenters. The number of rotatable bonds is 5. The van der Waals surface area contributed by atoms with E-state index in [2.05, 4.69) is 10.6 Å². The fourth-order valence-corrected chi connectivity index (χ4v) is 7.15. The van der Waals surface area contributed by atoms with Gasteiger partial charge in [0.05, 0.1) is 12.5 Å². The molecule has 5 rings (SSSR count). The topological polar surface area (TPSA) is 196 Å². The molecule has 252 valence electrons. The molecule has 4 saturated heterocycles. The zero-order valence-electron chi connectivity index (χ0n) is 27.6. The Kier molecular flexibility index (Phi) is 8.61. The molecule has 0 aromatic rings. The van der Waals surface area contributed by atoms with Crippen molar-refractivity contribution in [3.05, 3.63) is 0 Å². The van der Waals surface area contributed by atoms with Crippen LogP contribution in [0.1, 0.15) is 62.3 Å². The van der Waals surface area contributed by atoms with E-state index in [0.29, 0.717) is 0 Å². The van der Waals surface area contributed by atoms with Crippen LogP contribution in [-0.4, -0.2) is 115 Å². The van der Waals surface area contributed by atoms with Gasteiger partial charge in [0.25, 0.3) is 0 Å². The zero-order chi connectivity index (χ0) is 33.5. The lowest BCUT2D eigenvalue weighted by atomic mass is 9.57. The van der Waals surface area contributed by atoms with E-state index in [-0.39, 0.29) is 5.04 Å². The monoisotopic (exact) mass is 647 g/mol. The second-order valence-corrected chi connectivity index (χ2v) is 20.1. The number of ether oxygens (including phenoxy) is 6. The summed E-state index contributed by atoms with van der Waals surface area (Å²) in [6.45, 7) is 19.1. The highest BCUT2D eigenvalue weighted by Crippen LogP contribution is 2.66. The number of hydrogen-bond donors (Lipinski definition) is 5. The molecule has 2 amide bonds. The maximum Gasteiger partial charge on any atom is 0.414 e. The van der Waals surface area contributed by atoms with Crippen LogP contribution in [-0.2, 0) is 32.8 Å². The number of guanidine groups is 1. The zero-order valence-corrected chi connectivity index (χ0v) is 28.6. The second-order valence-electron chi connectivity index (χ2n) is 15.4. The second kappa shape index (κ2) is 10.8. The first-order valence-electron chi connectivity index (χ1n) is 14.7. The molecule has 0 radical (unpaired) electrons. The molecule has 1 saturated carbocycles. The highest BCUT2D eigenvalue weighted by molar-refractivity contribution is 6.74. The molecule has 5 N–H and O–H groups in total. The van der Waals surface area contributed by atoms with Gasteiger partial charge in [-0.1, -0.05) is 20.8 Å². The van der Waals surface area contributed by atoms with Gasteiger partial charge in [0.15, 0.2) is 20.7 Å². The summed E-state index contributed by atoms with van der Waals surface area (Å²) in [4.78, 5) is 30.7. The first-order chi connectivity index (χ1) is 19.9. The predicted molar refractivity (Wildman–Crippen MR) is 157 cm³/mol. The Hall–Kier alpha value is -1.89. The van der Waals surface area contributed by atoms with Crippen LogP contribution < -0.4 is 10.6 Å². The van der Waals surface area contributed by atoms with Crippen molar-refractivity contribution in [1.82, 2.24) is 10.6 Å². The maximum atomic E-state index is 12.9. The smallest absolute Gasteiger partial charge is 0.414 e. The third-order valence-corrected chi connectivity index (χ3v) is 13.1. The maximum absolute atomic E-state index is 12.9. The first kappa shape index (κ1) is 35.0. The van der Waals surface area contributed by atoms with Crippen LogP contribution in [0, 0.1) is 5.92 Å². The van der Waals surface area contributed by atoms with Crippen LogP contribution in [0.2, 0.25) is 18.1 Å². The minimum atomic E-state index is -2.74. The number of carbonyl (C=O) groups excluding carboxylic acids is 2. The number of carbonyl (C=O) groups is 2. The lowest BCUT2D eigenvalue weighted by Gasteiger charge is -2.68. The number of aliphatic hydroxyl groups excluding tert-OH is 2. The van der Waals surface area contributed by atoms with Crippen molar-refractivity contribution in [2.45, 2.75) is 139 Å². The van der Waals surface area contributed by atoms with Crippen LogP contribution in [0.4, 0.5) is 9.59 Å². The molecule has 0 aromatic carbocycles. The van der Waals surface area contributed by atoms with Crippen LogP contribution in [0.25, 0.3) is 0 Å². The summed E-state index contributed by atoms with van der Waals surface area (Å²) in [5.41, 5.74) is -5.71. The Labute approximate surface area is 259 Å². The van der Waals surface area contributed by atoms with Crippen LogP contribution in [0.3, 0.4) is 0 Å². The third-order valence-electron chi connectivity index (χ3n) is 8.73. The normalized spacial score (nSPS) is 37.9. The molecule has 5 fully saturated rings. The van der Waals surface area contributed by atoms with Gasteiger partial charge in [-0.05, 0) is 59.7 Å². The van der Waals surface area contributed by atoms with E-state index in [1.165, 1.54) is 7.11 Å². The highest BCUT2D eigenvalue weighted by Gasteiger charge is 2.87. The highest BCUT2D eigenvalue weighted by atomic mass is 28.4. The largest absolute Gasteiger partial charge is 0.444 e. The molecule has 5 aliphatic rings. The van der Waals surface area contributed by atoms with E-state index in [1.807, 2.05) is 33.9 Å². The van der Waals surface area contributed by atoms with Crippen molar-refractivity contribution in [1.29, 1.82) is 0 Å². The number of nitrogens with zero attached hydrogens (tertiary/aromatic N) is 1. The SMILES string of the molecule is COC1O[C@@H]2[C@]3(O[Si](C)(C)C(C)(C)C)O[C@@H]4[C@H]1[C@@]2(N=C(NC(=O)OC(C)(C)C)NC(=O)OC(C)(C)C)[C@H](O)[C@H](O3)C4(O)CO. The molecule has 15 nitrogen and oxygen atoms in total. The number of aliphatic hydroxyl groups is 3. The van der Waals surface area contributed by atoms with Gasteiger partial charge in [-0.25, -0.2) is 14.6 Å². The number of nitrogens with one attached hydrogen (secondary N) is 2. The fourth-order valence-electron chi connectivity index (χ4n) is 5.93. The lowest BCUT2D eigenvalue weighted by Crippen LogP contribution is -2.89. The van der Waals surface area contributed by atoms with E-state index < -0.39 is 98.0 Å². The molecule has 16 heteroatoms.